The van der Waals surface area contributed by atoms with Gasteiger partial charge < -0.3 is 4.74 Å². The summed E-state index contributed by atoms with van der Waals surface area (Å²) in [5, 5.41) is 0. The van der Waals surface area contributed by atoms with Crippen molar-refractivity contribution in [2.45, 2.75) is 6.92 Å². The van der Waals surface area contributed by atoms with Crippen molar-refractivity contribution in [1.29, 1.82) is 0 Å². The van der Waals surface area contributed by atoms with Crippen molar-refractivity contribution in [2.75, 3.05) is 7.11 Å². The number of hydrogen-bond acceptors (Lipinski definition) is 1. The standard InChI is InChI=1S/C10H11BrO/c1-4-8-6-9(11)5-7(2)10(8)12-3/h4-6H,1H2,2-3H3. The Hall–Kier alpha value is -0.760. The van der Waals surface area contributed by atoms with Crippen LogP contribution in [-0.2, 0) is 0 Å². The van der Waals surface area contributed by atoms with Gasteiger partial charge in [-0.15, -0.1) is 0 Å². The van der Waals surface area contributed by atoms with Gasteiger partial charge in [-0.2, -0.15) is 0 Å². The summed E-state index contributed by atoms with van der Waals surface area (Å²) in [5.74, 6) is 0.896. The van der Waals surface area contributed by atoms with E-state index in [0.717, 1.165) is 21.3 Å². The number of methoxy groups -OCH3 is 1. The molecule has 0 bridgehead atoms. The van der Waals surface area contributed by atoms with Crippen LogP contribution in [0.25, 0.3) is 6.08 Å². The van der Waals surface area contributed by atoms with Crippen LogP contribution in [0.5, 0.6) is 5.75 Å². The van der Waals surface area contributed by atoms with Crippen LogP contribution in [0.1, 0.15) is 11.1 Å². The fourth-order valence-electron chi connectivity index (χ4n) is 1.19. The molecular weight excluding hydrogens is 216 g/mol. The van der Waals surface area contributed by atoms with Crippen LogP contribution in [0, 0.1) is 6.92 Å². The van der Waals surface area contributed by atoms with Crippen molar-refractivity contribution in [2.24, 2.45) is 0 Å². The molecule has 0 heterocycles. The first-order valence-electron chi connectivity index (χ1n) is 3.65. The van der Waals surface area contributed by atoms with Gasteiger partial charge in [0, 0.05) is 10.0 Å². The lowest BCUT2D eigenvalue weighted by atomic mass is 10.1. The summed E-state index contributed by atoms with van der Waals surface area (Å²) in [6.45, 7) is 5.73. The molecule has 0 saturated carbocycles. The fourth-order valence-corrected chi connectivity index (χ4v) is 1.78. The normalized spacial score (nSPS) is 9.58. The van der Waals surface area contributed by atoms with E-state index in [1.807, 2.05) is 19.1 Å². The third-order valence-electron chi connectivity index (χ3n) is 1.69. The van der Waals surface area contributed by atoms with Crippen molar-refractivity contribution >= 4 is 22.0 Å². The molecule has 64 valence electrons. The molecule has 0 N–H and O–H groups in total. The van der Waals surface area contributed by atoms with Gasteiger partial charge in [0.05, 0.1) is 7.11 Å². The summed E-state index contributed by atoms with van der Waals surface area (Å²) < 4.78 is 6.28. The second kappa shape index (κ2) is 3.76. The van der Waals surface area contributed by atoms with Crippen LogP contribution in [0.4, 0.5) is 0 Å². The van der Waals surface area contributed by atoms with Gasteiger partial charge in [-0.1, -0.05) is 28.6 Å². The quantitative estimate of drug-likeness (QED) is 0.752. The first-order chi connectivity index (χ1) is 5.69. The predicted molar refractivity (Wildman–Crippen MR) is 55.5 cm³/mol. The molecule has 1 aromatic rings. The predicted octanol–water partition coefficient (Wildman–Crippen LogP) is 3.41. The highest BCUT2D eigenvalue weighted by Crippen LogP contribution is 2.28. The first kappa shape index (κ1) is 9.33. The zero-order valence-corrected chi connectivity index (χ0v) is 8.81. The van der Waals surface area contributed by atoms with Crippen LogP contribution in [0.15, 0.2) is 23.2 Å². The highest BCUT2D eigenvalue weighted by atomic mass is 79.9. The van der Waals surface area contributed by atoms with Crippen LogP contribution < -0.4 is 4.74 Å². The second-order valence-electron chi connectivity index (χ2n) is 2.55. The lowest BCUT2D eigenvalue weighted by Crippen LogP contribution is -1.90. The molecule has 1 aromatic carbocycles. The maximum atomic E-state index is 5.23. The number of benzene rings is 1. The van der Waals surface area contributed by atoms with Gasteiger partial charge in [0.2, 0.25) is 0 Å². The van der Waals surface area contributed by atoms with Crippen LogP contribution in [0.3, 0.4) is 0 Å². The third-order valence-corrected chi connectivity index (χ3v) is 2.15. The minimum Gasteiger partial charge on any atom is -0.496 e. The van der Waals surface area contributed by atoms with Gasteiger partial charge >= 0.3 is 0 Å². The van der Waals surface area contributed by atoms with Gasteiger partial charge in [-0.05, 0) is 24.6 Å². The molecule has 1 nitrogen and oxygen atoms in total. The number of halogens is 1. The van der Waals surface area contributed by atoms with E-state index in [0.29, 0.717) is 0 Å². The van der Waals surface area contributed by atoms with E-state index in [1.54, 1.807) is 13.2 Å². The summed E-state index contributed by atoms with van der Waals surface area (Å²) in [7, 11) is 1.67. The number of aryl methyl sites for hydroxylation is 1. The first-order valence-corrected chi connectivity index (χ1v) is 4.45. The monoisotopic (exact) mass is 226 g/mol. The van der Waals surface area contributed by atoms with Gasteiger partial charge in [0.25, 0.3) is 0 Å². The van der Waals surface area contributed by atoms with E-state index in [-0.39, 0.29) is 0 Å². The topological polar surface area (TPSA) is 9.23 Å². The summed E-state index contributed by atoms with van der Waals surface area (Å²) in [5.41, 5.74) is 2.13. The molecular formula is C10H11BrO. The Kier molecular flexibility index (Phi) is 2.93. The summed E-state index contributed by atoms with van der Waals surface area (Å²) >= 11 is 3.41. The van der Waals surface area contributed by atoms with Crippen molar-refractivity contribution in [1.82, 2.24) is 0 Å². The molecule has 0 fully saturated rings. The molecule has 0 unspecified atom stereocenters. The van der Waals surface area contributed by atoms with Crippen LogP contribution >= 0.6 is 15.9 Å². The Balaban J connectivity index is 3.33. The average Bonchev–Trinajstić information content (AvgIpc) is 2.03. The molecule has 0 aliphatic heterocycles. The lowest BCUT2D eigenvalue weighted by Gasteiger charge is -2.08. The summed E-state index contributed by atoms with van der Waals surface area (Å²) in [6.07, 6.45) is 1.79. The van der Waals surface area contributed by atoms with Crippen molar-refractivity contribution < 1.29 is 4.74 Å². The molecule has 0 saturated heterocycles. The minimum atomic E-state index is 0.896. The summed E-state index contributed by atoms with van der Waals surface area (Å²) in [6, 6.07) is 4.00. The zero-order chi connectivity index (χ0) is 9.14. The third kappa shape index (κ3) is 1.69. The maximum absolute atomic E-state index is 5.23. The Morgan fingerprint density at radius 2 is 2.17 bits per heavy atom. The van der Waals surface area contributed by atoms with Gasteiger partial charge in [0.1, 0.15) is 5.75 Å². The minimum absolute atomic E-state index is 0.896. The van der Waals surface area contributed by atoms with E-state index in [1.165, 1.54) is 0 Å². The summed E-state index contributed by atoms with van der Waals surface area (Å²) in [4.78, 5) is 0. The van der Waals surface area contributed by atoms with E-state index in [2.05, 4.69) is 22.5 Å². The van der Waals surface area contributed by atoms with Crippen molar-refractivity contribution in [3.63, 3.8) is 0 Å². The van der Waals surface area contributed by atoms with E-state index < -0.39 is 0 Å². The Labute approximate surface area is 81.2 Å². The molecule has 12 heavy (non-hydrogen) atoms. The Morgan fingerprint density at radius 3 is 2.67 bits per heavy atom. The molecule has 0 atom stereocenters. The Morgan fingerprint density at radius 1 is 1.50 bits per heavy atom. The molecule has 0 aliphatic carbocycles. The number of ether oxygens (including phenoxy) is 1. The lowest BCUT2D eigenvalue weighted by molar-refractivity contribution is 0.410. The van der Waals surface area contributed by atoms with Crippen LogP contribution in [-0.4, -0.2) is 7.11 Å². The number of hydrogen-bond donors (Lipinski definition) is 0. The van der Waals surface area contributed by atoms with Crippen molar-refractivity contribution in [3.05, 3.63) is 34.3 Å². The van der Waals surface area contributed by atoms with Gasteiger partial charge in [-0.25, -0.2) is 0 Å². The molecule has 0 aliphatic rings. The van der Waals surface area contributed by atoms with E-state index in [9.17, 15) is 0 Å². The highest BCUT2D eigenvalue weighted by molar-refractivity contribution is 9.10. The van der Waals surface area contributed by atoms with Gasteiger partial charge in [-0.3, -0.25) is 0 Å². The molecule has 0 amide bonds. The molecule has 2 heteroatoms. The van der Waals surface area contributed by atoms with E-state index in [4.69, 9.17) is 4.74 Å². The maximum Gasteiger partial charge on any atom is 0.129 e. The van der Waals surface area contributed by atoms with Crippen molar-refractivity contribution in [3.8, 4) is 5.75 Å². The number of rotatable bonds is 2. The highest BCUT2D eigenvalue weighted by Gasteiger charge is 2.03. The second-order valence-corrected chi connectivity index (χ2v) is 3.46. The average molecular weight is 227 g/mol. The SMILES string of the molecule is C=Cc1cc(Br)cc(C)c1OC. The van der Waals surface area contributed by atoms with Crippen LogP contribution in [0.2, 0.25) is 0 Å². The molecule has 1 rings (SSSR count). The smallest absolute Gasteiger partial charge is 0.129 e. The zero-order valence-electron chi connectivity index (χ0n) is 7.23. The Bertz CT molecular complexity index is 305. The van der Waals surface area contributed by atoms with Gasteiger partial charge in [0.15, 0.2) is 0 Å². The largest absolute Gasteiger partial charge is 0.496 e. The van der Waals surface area contributed by atoms with E-state index >= 15 is 0 Å². The molecule has 0 radical (unpaired) electrons. The fraction of sp³-hybridized carbons (Fsp3) is 0.200. The molecule has 0 spiro atoms. The molecule has 0 aromatic heterocycles.